The molecule has 4 N–H and O–H groups in total. The van der Waals surface area contributed by atoms with Crippen LogP contribution in [0.25, 0.3) is 5.52 Å². The highest BCUT2D eigenvalue weighted by atomic mass is 19.1. The molecule has 10 heteroatoms. The fourth-order valence-electron chi connectivity index (χ4n) is 4.09. The van der Waals surface area contributed by atoms with E-state index < -0.39 is 42.9 Å². The highest BCUT2D eigenvalue weighted by molar-refractivity contribution is 6.01. The molecule has 0 spiro atoms. The number of aromatic nitrogens is 2. The van der Waals surface area contributed by atoms with Gasteiger partial charge < -0.3 is 25.5 Å². The molecule has 1 atom stereocenters. The van der Waals surface area contributed by atoms with Gasteiger partial charge in [0.2, 0.25) is 0 Å². The number of fused-ring (bicyclic) bond motifs is 1. The summed E-state index contributed by atoms with van der Waals surface area (Å²) in [7, 11) is 0. The van der Waals surface area contributed by atoms with Crippen molar-refractivity contribution in [2.45, 2.75) is 24.4 Å². The molecule has 0 radical (unpaired) electrons. The number of carbonyl (C=O) groups excluding carboxylic acids is 1. The lowest BCUT2D eigenvalue weighted by atomic mass is 10.0. The first-order valence-corrected chi connectivity index (χ1v) is 10.2. The van der Waals surface area contributed by atoms with Gasteiger partial charge in [0, 0.05) is 24.5 Å². The third-order valence-electron chi connectivity index (χ3n) is 5.89. The Balaban J connectivity index is 1.67. The third-order valence-corrected chi connectivity index (χ3v) is 5.89. The van der Waals surface area contributed by atoms with Gasteiger partial charge in [-0.15, -0.1) is 0 Å². The number of aliphatic hydroxyl groups excluding tert-OH is 3. The third kappa shape index (κ3) is 4.04. The Kier molecular flexibility index (Phi) is 6.09. The van der Waals surface area contributed by atoms with Gasteiger partial charge in [0.1, 0.15) is 17.2 Å². The van der Waals surface area contributed by atoms with Crippen LogP contribution in [0.15, 0.2) is 42.7 Å². The predicted octanol–water partition coefficient (Wildman–Crippen LogP) is 1.40. The van der Waals surface area contributed by atoms with Gasteiger partial charge in [-0.25, -0.2) is 13.3 Å². The van der Waals surface area contributed by atoms with Crippen molar-refractivity contribution >= 4 is 17.1 Å². The zero-order valence-corrected chi connectivity index (χ0v) is 17.2. The van der Waals surface area contributed by atoms with Crippen LogP contribution in [0, 0.1) is 11.6 Å². The molecule has 0 bridgehead atoms. The number of aliphatic hydroxyl groups is 3. The maximum atomic E-state index is 13.8. The number of nitrogens with one attached hydrogen (secondary N) is 1. The molecule has 32 heavy (non-hydrogen) atoms. The van der Waals surface area contributed by atoms with Crippen LogP contribution in [0.3, 0.4) is 0 Å². The number of hydrogen-bond acceptors (Lipinski definition) is 6. The van der Waals surface area contributed by atoms with Gasteiger partial charge >= 0.3 is 0 Å². The smallest absolute Gasteiger partial charge is 0.255 e. The zero-order chi connectivity index (χ0) is 22.9. The van der Waals surface area contributed by atoms with Crippen molar-refractivity contribution in [3.05, 3.63) is 65.5 Å². The van der Waals surface area contributed by atoms with Crippen molar-refractivity contribution < 1.29 is 28.9 Å². The molecule has 1 aromatic carbocycles. The molecule has 1 saturated heterocycles. The number of amides is 1. The summed E-state index contributed by atoms with van der Waals surface area (Å²) in [5.74, 6) is -1.87. The number of halogens is 2. The molecule has 8 nitrogen and oxygen atoms in total. The number of nitrogens with zero attached hydrogens (tertiary/aromatic N) is 3. The van der Waals surface area contributed by atoms with Crippen LogP contribution in [-0.2, 0) is 0 Å². The maximum absolute atomic E-state index is 13.8. The molecule has 3 aromatic rings. The van der Waals surface area contributed by atoms with Gasteiger partial charge in [0.15, 0.2) is 0 Å². The molecular weight excluding hydrogens is 422 g/mol. The number of anilines is 1. The van der Waals surface area contributed by atoms with Crippen molar-refractivity contribution in [3.8, 4) is 0 Å². The van der Waals surface area contributed by atoms with Gasteiger partial charge in [-0.2, -0.15) is 5.10 Å². The maximum Gasteiger partial charge on any atom is 0.255 e. The molecule has 1 amide bonds. The Morgan fingerprint density at radius 3 is 2.47 bits per heavy atom. The van der Waals surface area contributed by atoms with E-state index in [1.807, 2.05) is 11.0 Å². The highest BCUT2D eigenvalue weighted by Gasteiger charge is 2.32. The van der Waals surface area contributed by atoms with Crippen LogP contribution < -0.4 is 10.2 Å². The Morgan fingerprint density at radius 1 is 1.12 bits per heavy atom. The molecule has 4 rings (SSSR count). The molecule has 1 aliphatic heterocycles. The van der Waals surface area contributed by atoms with E-state index in [4.69, 9.17) is 0 Å². The lowest BCUT2D eigenvalue weighted by Gasteiger charge is -2.28. The lowest BCUT2D eigenvalue weighted by Crippen LogP contribution is -2.57. The SMILES string of the molecule is O=C(NC(CO)(CO)CO)c1cnn2ccc(N3CCCC3c3cc(F)cc(F)c3)cc12. The first-order chi connectivity index (χ1) is 15.4. The number of carbonyl (C=O) groups is 1. The average Bonchev–Trinajstić information content (AvgIpc) is 3.43. The first kappa shape index (κ1) is 22.1. The number of benzene rings is 1. The fraction of sp³-hybridized carbons (Fsp3) is 0.364. The summed E-state index contributed by atoms with van der Waals surface area (Å²) in [4.78, 5) is 14.8. The quantitative estimate of drug-likeness (QED) is 0.437. The van der Waals surface area contributed by atoms with E-state index in [9.17, 15) is 28.9 Å². The number of rotatable bonds is 7. The van der Waals surface area contributed by atoms with Crippen molar-refractivity contribution in [2.24, 2.45) is 0 Å². The van der Waals surface area contributed by atoms with Crippen molar-refractivity contribution in [1.29, 1.82) is 0 Å². The van der Waals surface area contributed by atoms with Gasteiger partial charge in [0.25, 0.3) is 5.91 Å². The van der Waals surface area contributed by atoms with Gasteiger partial charge in [0.05, 0.1) is 43.1 Å². The Labute approximate surface area is 182 Å². The van der Waals surface area contributed by atoms with Crippen LogP contribution in [-0.4, -0.2) is 62.7 Å². The summed E-state index contributed by atoms with van der Waals surface area (Å²) in [6.45, 7) is -1.25. The van der Waals surface area contributed by atoms with Crippen LogP contribution in [0.4, 0.5) is 14.5 Å². The molecule has 1 fully saturated rings. The molecular formula is C22H24F2N4O4. The van der Waals surface area contributed by atoms with Crippen molar-refractivity contribution in [3.63, 3.8) is 0 Å². The second-order valence-electron chi connectivity index (χ2n) is 8.04. The first-order valence-electron chi connectivity index (χ1n) is 10.2. The summed E-state index contributed by atoms with van der Waals surface area (Å²) in [6.07, 6.45) is 4.61. The molecule has 170 valence electrons. The largest absolute Gasteiger partial charge is 0.394 e. The Bertz CT molecular complexity index is 1100. The second-order valence-corrected chi connectivity index (χ2v) is 8.04. The molecule has 2 aromatic heterocycles. The molecule has 1 unspecified atom stereocenters. The summed E-state index contributed by atoms with van der Waals surface area (Å²) < 4.78 is 29.1. The summed E-state index contributed by atoms with van der Waals surface area (Å²) in [6, 6.07) is 6.87. The summed E-state index contributed by atoms with van der Waals surface area (Å²) in [5, 5.41) is 35.1. The van der Waals surface area contributed by atoms with E-state index in [1.165, 1.54) is 22.8 Å². The lowest BCUT2D eigenvalue weighted by molar-refractivity contribution is 0.0376. The molecule has 1 aliphatic rings. The monoisotopic (exact) mass is 446 g/mol. The van der Waals surface area contributed by atoms with Crippen LogP contribution in [0.2, 0.25) is 0 Å². The van der Waals surface area contributed by atoms with Gasteiger partial charge in [-0.05, 0) is 42.7 Å². The normalized spacial score (nSPS) is 16.7. The number of pyridine rings is 1. The topological polar surface area (TPSA) is 110 Å². The van der Waals surface area contributed by atoms with Gasteiger partial charge in [-0.1, -0.05) is 0 Å². The minimum Gasteiger partial charge on any atom is -0.394 e. The van der Waals surface area contributed by atoms with Gasteiger partial charge in [-0.3, -0.25) is 4.79 Å². The standard InChI is InChI=1S/C22H24F2N4O4/c23-15-6-14(7-16(24)8-15)19-2-1-4-27(19)17-3-5-28-20(9-17)18(10-25-28)21(32)26-22(11-29,12-30)13-31/h3,5-10,19,29-31H,1-2,4,11-13H2,(H,26,32). The molecule has 0 aliphatic carbocycles. The minimum atomic E-state index is -1.57. The van der Waals surface area contributed by atoms with E-state index >= 15 is 0 Å². The van der Waals surface area contributed by atoms with Crippen molar-refractivity contribution in [2.75, 3.05) is 31.3 Å². The molecule has 0 saturated carbocycles. The van der Waals surface area contributed by atoms with Crippen molar-refractivity contribution in [1.82, 2.24) is 14.9 Å². The average molecular weight is 446 g/mol. The van der Waals surface area contributed by atoms with Crippen LogP contribution >= 0.6 is 0 Å². The number of hydrogen-bond donors (Lipinski definition) is 4. The van der Waals surface area contributed by atoms with E-state index in [0.29, 0.717) is 17.6 Å². The van der Waals surface area contributed by atoms with E-state index in [2.05, 4.69) is 10.4 Å². The predicted molar refractivity (Wildman–Crippen MR) is 112 cm³/mol. The summed E-state index contributed by atoms with van der Waals surface area (Å²) >= 11 is 0. The summed E-state index contributed by atoms with van der Waals surface area (Å²) in [5.41, 5.74) is 0.407. The highest BCUT2D eigenvalue weighted by Crippen LogP contribution is 2.37. The van der Waals surface area contributed by atoms with E-state index in [1.54, 1.807) is 12.3 Å². The fourth-order valence-corrected chi connectivity index (χ4v) is 4.09. The zero-order valence-electron chi connectivity index (χ0n) is 17.2. The Morgan fingerprint density at radius 2 is 1.81 bits per heavy atom. The van der Waals surface area contributed by atoms with Crippen LogP contribution in [0.1, 0.15) is 34.8 Å². The second kappa shape index (κ2) is 8.81. The van der Waals surface area contributed by atoms with E-state index in [0.717, 1.165) is 24.6 Å². The van der Waals surface area contributed by atoms with E-state index in [-0.39, 0.29) is 11.6 Å². The van der Waals surface area contributed by atoms with Crippen LogP contribution in [0.5, 0.6) is 0 Å². The molecule has 3 heterocycles. The Hall–Kier alpha value is -3.08. The minimum absolute atomic E-state index is 0.194.